The molecule has 1 heteroatoms. The third kappa shape index (κ3) is 12.6. The van der Waals surface area contributed by atoms with E-state index in [4.69, 9.17) is 0 Å². The Bertz CT molecular complexity index is 1850. The zero-order valence-electron chi connectivity index (χ0n) is 32.9. The van der Waals surface area contributed by atoms with Gasteiger partial charge in [0.1, 0.15) is 0 Å². The van der Waals surface area contributed by atoms with E-state index in [2.05, 4.69) is 195 Å². The maximum absolute atomic E-state index is 4.54. The molecular formula is C51H61N. The van der Waals surface area contributed by atoms with Crippen LogP contribution in [0.25, 0.3) is 5.57 Å². The number of hydrogen-bond acceptors (Lipinski definition) is 1. The van der Waals surface area contributed by atoms with Gasteiger partial charge in [0.2, 0.25) is 0 Å². The summed E-state index contributed by atoms with van der Waals surface area (Å²) in [6, 6.07) is 10.7. The van der Waals surface area contributed by atoms with E-state index < -0.39 is 0 Å². The van der Waals surface area contributed by atoms with Crippen molar-refractivity contribution in [3.63, 3.8) is 0 Å². The van der Waals surface area contributed by atoms with Crippen LogP contribution in [-0.2, 0) is 0 Å². The van der Waals surface area contributed by atoms with Gasteiger partial charge in [-0.25, -0.2) is 0 Å². The maximum atomic E-state index is 4.54. The molecule has 0 radical (unpaired) electrons. The minimum Gasteiger partial charge on any atom is -0.362 e. The lowest BCUT2D eigenvalue weighted by molar-refractivity contribution is 0.740. The highest BCUT2D eigenvalue weighted by molar-refractivity contribution is 5.77. The molecule has 1 aromatic carbocycles. The lowest BCUT2D eigenvalue weighted by atomic mass is 9.80. The van der Waals surface area contributed by atoms with Crippen molar-refractivity contribution in [2.24, 2.45) is 11.8 Å². The second kappa shape index (κ2) is 21.3. The molecule has 52 heavy (non-hydrogen) atoms. The highest BCUT2D eigenvalue weighted by atomic mass is 14.8. The van der Waals surface area contributed by atoms with Gasteiger partial charge in [0.25, 0.3) is 0 Å². The van der Waals surface area contributed by atoms with E-state index in [1.165, 1.54) is 55.7 Å². The first kappa shape index (κ1) is 41.3. The highest BCUT2D eigenvalue weighted by Crippen LogP contribution is 2.37. The zero-order chi connectivity index (χ0) is 38.0. The van der Waals surface area contributed by atoms with Crippen LogP contribution in [0.3, 0.4) is 0 Å². The van der Waals surface area contributed by atoms with Crippen LogP contribution in [0.4, 0.5) is 0 Å². The van der Waals surface area contributed by atoms with Gasteiger partial charge in [0.05, 0.1) is 0 Å². The first-order valence-corrected chi connectivity index (χ1v) is 18.6. The Hall–Kier alpha value is -5.14. The Morgan fingerprint density at radius 1 is 0.865 bits per heavy atom. The Morgan fingerprint density at radius 3 is 2.23 bits per heavy atom. The summed E-state index contributed by atoms with van der Waals surface area (Å²) in [6.45, 7) is 31.8. The number of nitrogens with one attached hydrogen (secondary N) is 1. The molecule has 270 valence electrons. The molecule has 0 amide bonds. The molecule has 1 nitrogen and oxygen atoms in total. The van der Waals surface area contributed by atoms with Crippen LogP contribution in [-0.4, -0.2) is 0 Å². The molecule has 0 spiro atoms. The fourth-order valence-corrected chi connectivity index (χ4v) is 6.26. The number of rotatable bonds is 15. The molecule has 0 bridgehead atoms. The molecule has 0 aliphatic heterocycles. The smallest absolute Gasteiger partial charge is 0.0398 e. The predicted octanol–water partition coefficient (Wildman–Crippen LogP) is 14.5. The molecule has 0 heterocycles. The standard InChI is InChI=1S/C51H61N/c1-12-14-18-27-47-35-45(37(3)4)26-19-15-16-22-30-50(47)48-29-23-28-46(36-48)42(10)34-49(44-24-20-17-21-25-44)33-41(9)39(7)31-32-40(8)43(11)51(38(5)6)52-13-2/h12-13,15-17,19-34,39,46,52H,1-3,9,14,18,35-36H2,4-8,10-11H3/b19-15-,22-16+,32-31-,42-34+,43-40+,45-26-,47-27+,49-33+,50-30-. The van der Waals surface area contributed by atoms with Crippen molar-refractivity contribution in [1.29, 1.82) is 0 Å². The van der Waals surface area contributed by atoms with Gasteiger partial charge in [-0.05, 0) is 129 Å². The Kier molecular flexibility index (Phi) is 16.9. The summed E-state index contributed by atoms with van der Waals surface area (Å²) in [7, 11) is 0. The maximum Gasteiger partial charge on any atom is 0.0398 e. The quantitative estimate of drug-likeness (QED) is 0.110. The average molecular weight is 688 g/mol. The van der Waals surface area contributed by atoms with Crippen molar-refractivity contribution >= 4 is 5.57 Å². The van der Waals surface area contributed by atoms with Crippen LogP contribution < -0.4 is 5.32 Å². The minimum absolute atomic E-state index is 0.161. The van der Waals surface area contributed by atoms with Gasteiger partial charge in [-0.1, -0.05) is 165 Å². The summed E-state index contributed by atoms with van der Waals surface area (Å²) in [5.74, 6) is 0.432. The molecule has 0 saturated carbocycles. The van der Waals surface area contributed by atoms with Gasteiger partial charge >= 0.3 is 0 Å². The second-order valence-electron chi connectivity index (χ2n) is 14.1. The Labute approximate surface area is 316 Å². The van der Waals surface area contributed by atoms with Crippen molar-refractivity contribution in [3.05, 3.63) is 221 Å². The molecule has 1 aromatic rings. The van der Waals surface area contributed by atoms with E-state index in [1.54, 1.807) is 6.20 Å². The summed E-state index contributed by atoms with van der Waals surface area (Å²) in [4.78, 5) is 0. The number of hydrogen-bond donors (Lipinski definition) is 1. The van der Waals surface area contributed by atoms with Crippen LogP contribution in [0.5, 0.6) is 0 Å². The van der Waals surface area contributed by atoms with Crippen LogP contribution in [0.2, 0.25) is 0 Å². The van der Waals surface area contributed by atoms with Gasteiger partial charge in [0, 0.05) is 11.6 Å². The van der Waals surface area contributed by atoms with Crippen molar-refractivity contribution in [2.45, 2.75) is 74.1 Å². The average Bonchev–Trinajstić information content (AvgIpc) is 3.14. The molecular weight excluding hydrogens is 627 g/mol. The lowest BCUT2D eigenvalue weighted by Gasteiger charge is -2.24. The third-order valence-electron chi connectivity index (χ3n) is 9.71. The molecule has 2 unspecified atom stereocenters. The van der Waals surface area contributed by atoms with Gasteiger partial charge in [-0.15, -0.1) is 6.58 Å². The van der Waals surface area contributed by atoms with Crippen molar-refractivity contribution < 1.29 is 0 Å². The van der Waals surface area contributed by atoms with Crippen LogP contribution in [0.15, 0.2) is 215 Å². The second-order valence-corrected chi connectivity index (χ2v) is 14.1. The minimum atomic E-state index is 0.161. The van der Waals surface area contributed by atoms with Crippen molar-refractivity contribution in [3.8, 4) is 0 Å². The van der Waals surface area contributed by atoms with Gasteiger partial charge in [0.15, 0.2) is 0 Å². The van der Waals surface area contributed by atoms with Crippen LogP contribution >= 0.6 is 0 Å². The third-order valence-corrected chi connectivity index (χ3v) is 9.71. The summed E-state index contributed by atoms with van der Waals surface area (Å²) >= 11 is 0. The van der Waals surface area contributed by atoms with Crippen LogP contribution in [0.1, 0.15) is 79.7 Å². The van der Waals surface area contributed by atoms with Crippen molar-refractivity contribution in [1.82, 2.24) is 5.32 Å². The largest absolute Gasteiger partial charge is 0.362 e. The fraction of sp³-hybridized carbons (Fsp3) is 0.255. The van der Waals surface area contributed by atoms with Gasteiger partial charge in [-0.2, -0.15) is 0 Å². The number of unbranched alkanes of at least 4 members (excludes halogenated alkanes) is 1. The van der Waals surface area contributed by atoms with E-state index >= 15 is 0 Å². The predicted molar refractivity (Wildman–Crippen MR) is 232 cm³/mol. The first-order valence-electron chi connectivity index (χ1n) is 18.6. The summed E-state index contributed by atoms with van der Waals surface area (Å²) in [6.07, 6.45) is 38.8. The number of benzene rings is 1. The monoisotopic (exact) mass is 687 g/mol. The Morgan fingerprint density at radius 2 is 1.58 bits per heavy atom. The molecule has 3 rings (SSSR count). The molecule has 2 atom stereocenters. The number of allylic oxidation sites excluding steroid dienone is 26. The Balaban J connectivity index is 1.96. The van der Waals surface area contributed by atoms with E-state index in [0.29, 0.717) is 0 Å². The molecule has 0 aromatic heterocycles. The SMILES string of the molecule is C=CCC/C=C1C/C(C(=C)C)=C/C=C\C=C\C=C\1C1=CC=CC(/C(C)=C/C(=C\C(=C)C(C)/C=C\C(C)=C(/C)C(NC=C)=C(C)C)c2ccccc2)C1. The van der Waals surface area contributed by atoms with Gasteiger partial charge < -0.3 is 5.32 Å². The van der Waals surface area contributed by atoms with E-state index in [0.717, 1.165) is 42.5 Å². The van der Waals surface area contributed by atoms with E-state index in [1.807, 2.05) is 6.08 Å². The van der Waals surface area contributed by atoms with Crippen LogP contribution in [0, 0.1) is 11.8 Å². The lowest BCUT2D eigenvalue weighted by Crippen LogP contribution is -2.08. The first-order chi connectivity index (χ1) is 25.0. The summed E-state index contributed by atoms with van der Waals surface area (Å²) in [5.41, 5.74) is 15.9. The van der Waals surface area contributed by atoms with E-state index in [9.17, 15) is 0 Å². The molecule has 1 N–H and O–H groups in total. The van der Waals surface area contributed by atoms with Gasteiger partial charge in [-0.3, -0.25) is 0 Å². The molecule has 2 aliphatic rings. The van der Waals surface area contributed by atoms with Crippen molar-refractivity contribution in [2.75, 3.05) is 0 Å². The zero-order valence-corrected chi connectivity index (χ0v) is 32.9. The topological polar surface area (TPSA) is 12.0 Å². The van der Waals surface area contributed by atoms with E-state index in [-0.39, 0.29) is 11.8 Å². The molecule has 0 saturated heterocycles. The normalized spacial score (nSPS) is 21.8. The molecule has 2 aliphatic carbocycles. The fourth-order valence-electron chi connectivity index (χ4n) is 6.26. The highest BCUT2D eigenvalue weighted by Gasteiger charge is 2.20. The summed E-state index contributed by atoms with van der Waals surface area (Å²) in [5, 5.41) is 3.30. The summed E-state index contributed by atoms with van der Waals surface area (Å²) < 4.78 is 0. The molecule has 0 fully saturated rings.